The lowest BCUT2D eigenvalue weighted by Crippen LogP contribution is -2.39. The molecule has 0 saturated carbocycles. The maximum absolute atomic E-state index is 12.1. The molecule has 0 unspecified atom stereocenters. The third kappa shape index (κ3) is 5.90. The number of hydrogen-bond donors (Lipinski definition) is 1. The zero-order valence-electron chi connectivity index (χ0n) is 23.8. The van der Waals surface area contributed by atoms with Gasteiger partial charge < -0.3 is 23.6 Å². The van der Waals surface area contributed by atoms with Gasteiger partial charge in [-0.3, -0.25) is 0 Å². The number of thiazole rings is 1. The summed E-state index contributed by atoms with van der Waals surface area (Å²) >= 11 is 1.58. The fourth-order valence-corrected chi connectivity index (χ4v) is 5.60. The van der Waals surface area contributed by atoms with Crippen molar-refractivity contribution in [2.75, 3.05) is 7.11 Å². The zero-order chi connectivity index (χ0) is 29.5. The van der Waals surface area contributed by atoms with E-state index in [0.29, 0.717) is 17.9 Å². The van der Waals surface area contributed by atoms with Crippen LogP contribution in [0.2, 0.25) is 0 Å². The number of carbonyl (C=O) groups is 2. The molecule has 9 heteroatoms. The number of carboxylic acids is 1. The van der Waals surface area contributed by atoms with E-state index < -0.39 is 17.5 Å². The molecule has 41 heavy (non-hydrogen) atoms. The highest BCUT2D eigenvalue weighted by Gasteiger charge is 2.31. The van der Waals surface area contributed by atoms with Gasteiger partial charge >= 0.3 is 11.9 Å². The average molecular weight is 573 g/mol. The van der Waals surface area contributed by atoms with Crippen LogP contribution in [0.15, 0.2) is 64.5 Å². The van der Waals surface area contributed by atoms with Gasteiger partial charge in [0.05, 0.1) is 12.8 Å². The molecule has 0 spiro atoms. The topological polar surface area (TPSA) is 104 Å². The monoisotopic (exact) mass is 572 g/mol. The van der Waals surface area contributed by atoms with Crippen molar-refractivity contribution in [2.45, 2.75) is 52.2 Å². The summed E-state index contributed by atoms with van der Waals surface area (Å²) in [5.41, 5.74) is 3.27. The molecule has 3 aromatic heterocycles. The Balaban J connectivity index is 1.48. The molecule has 0 aliphatic carbocycles. The van der Waals surface area contributed by atoms with Crippen LogP contribution in [0.1, 0.15) is 51.4 Å². The van der Waals surface area contributed by atoms with Crippen LogP contribution in [0, 0.1) is 0 Å². The van der Waals surface area contributed by atoms with Crippen molar-refractivity contribution in [2.24, 2.45) is 0 Å². The van der Waals surface area contributed by atoms with Crippen LogP contribution in [0.3, 0.4) is 0 Å². The first-order valence-corrected chi connectivity index (χ1v) is 14.0. The Morgan fingerprint density at radius 1 is 1.10 bits per heavy atom. The summed E-state index contributed by atoms with van der Waals surface area (Å²) in [5, 5.41) is 13.9. The Bertz CT molecular complexity index is 1800. The number of benzene rings is 2. The number of methoxy groups -OCH3 is 1. The first-order chi connectivity index (χ1) is 19.3. The van der Waals surface area contributed by atoms with Crippen molar-refractivity contribution in [3.8, 4) is 16.5 Å². The number of esters is 1. The fraction of sp³-hybridized carbons (Fsp3) is 0.281. The summed E-state index contributed by atoms with van der Waals surface area (Å²) in [6.45, 7) is 10.2. The van der Waals surface area contributed by atoms with Gasteiger partial charge in [0, 0.05) is 51.5 Å². The number of ether oxygens (including phenoxy) is 2. The number of carboxylic acid groups (broad SMARTS) is 1. The van der Waals surface area contributed by atoms with Crippen LogP contribution < -0.4 is 4.74 Å². The molecule has 1 N–H and O–H groups in total. The minimum Gasteiger partial charge on any atom is -0.478 e. The second-order valence-corrected chi connectivity index (χ2v) is 12.3. The highest BCUT2D eigenvalue weighted by molar-refractivity contribution is 7.13. The molecule has 0 atom stereocenters. The summed E-state index contributed by atoms with van der Waals surface area (Å²) < 4.78 is 19.0. The van der Waals surface area contributed by atoms with Crippen LogP contribution in [-0.4, -0.2) is 39.3 Å². The van der Waals surface area contributed by atoms with Crippen molar-refractivity contribution in [3.05, 3.63) is 76.9 Å². The summed E-state index contributed by atoms with van der Waals surface area (Å²) in [7, 11) is 1.31. The highest BCUT2D eigenvalue weighted by Crippen LogP contribution is 2.34. The molecule has 8 nitrogen and oxygen atoms in total. The fourth-order valence-electron chi connectivity index (χ4n) is 4.60. The maximum atomic E-state index is 12.1. The second kappa shape index (κ2) is 10.6. The molecule has 0 bridgehead atoms. The van der Waals surface area contributed by atoms with Crippen molar-refractivity contribution in [1.82, 2.24) is 9.55 Å². The van der Waals surface area contributed by atoms with E-state index in [1.165, 1.54) is 7.11 Å². The number of rotatable bonds is 8. The Labute approximate surface area is 241 Å². The molecule has 5 aromatic rings. The molecule has 0 amide bonds. The molecular formula is C32H32N2O6S. The van der Waals surface area contributed by atoms with Crippen molar-refractivity contribution < 1.29 is 28.6 Å². The van der Waals surface area contributed by atoms with Gasteiger partial charge in [0.2, 0.25) is 0 Å². The lowest BCUT2D eigenvalue weighted by atomic mass is 9.93. The van der Waals surface area contributed by atoms with Gasteiger partial charge in [0.1, 0.15) is 11.3 Å². The van der Waals surface area contributed by atoms with Gasteiger partial charge in [0.15, 0.2) is 16.4 Å². The largest absolute Gasteiger partial charge is 0.478 e. The minimum atomic E-state index is -1.19. The van der Waals surface area contributed by atoms with E-state index in [-0.39, 0.29) is 5.41 Å². The van der Waals surface area contributed by atoms with Crippen molar-refractivity contribution in [1.29, 1.82) is 0 Å². The van der Waals surface area contributed by atoms with Crippen LogP contribution in [-0.2, 0) is 26.3 Å². The van der Waals surface area contributed by atoms with Gasteiger partial charge in [-0.25, -0.2) is 14.6 Å². The van der Waals surface area contributed by atoms with Gasteiger partial charge in [-0.05, 0) is 61.9 Å². The molecule has 0 aliphatic rings. The van der Waals surface area contributed by atoms with Gasteiger partial charge in [-0.15, -0.1) is 11.3 Å². The molecule has 0 fully saturated rings. The van der Waals surface area contributed by atoms with E-state index in [9.17, 15) is 14.7 Å². The van der Waals surface area contributed by atoms with Gasteiger partial charge in [0.25, 0.3) is 0 Å². The molecule has 5 rings (SSSR count). The van der Waals surface area contributed by atoms with Crippen molar-refractivity contribution >= 4 is 51.2 Å². The lowest BCUT2D eigenvalue weighted by molar-refractivity contribution is -0.156. The summed E-state index contributed by atoms with van der Waals surface area (Å²) in [6, 6.07) is 13.6. The highest BCUT2D eigenvalue weighted by atomic mass is 32.1. The number of carbonyl (C=O) groups excluding carboxylic acids is 1. The average Bonchev–Trinajstić information content (AvgIpc) is 3.63. The maximum Gasteiger partial charge on any atom is 0.349 e. The summed E-state index contributed by atoms with van der Waals surface area (Å²) in [5.74, 6) is -0.322. The number of fused-ring (bicyclic) bond motifs is 2. The SMILES string of the molecule is COC(=O)C(C)(C)Oc1ccc2c(c1)c(/C=C/C(=O)O)cn2Cc1ccc2oc(-c3nc(C(C)(C)C)cs3)cc2c1. The van der Waals surface area contributed by atoms with E-state index in [1.807, 2.05) is 36.5 Å². The minimum absolute atomic E-state index is 0.0313. The zero-order valence-corrected chi connectivity index (χ0v) is 24.7. The molecule has 0 aliphatic heterocycles. The second-order valence-electron chi connectivity index (χ2n) is 11.4. The molecule has 2 aromatic carbocycles. The normalized spacial score (nSPS) is 12.4. The van der Waals surface area contributed by atoms with Crippen LogP contribution in [0.4, 0.5) is 0 Å². The van der Waals surface area contributed by atoms with Crippen LogP contribution in [0.25, 0.3) is 38.7 Å². The van der Waals surface area contributed by atoms with E-state index in [2.05, 4.69) is 36.8 Å². The van der Waals surface area contributed by atoms with E-state index in [4.69, 9.17) is 18.9 Å². The third-order valence-electron chi connectivity index (χ3n) is 6.76. The standard InChI is InChI=1S/C32H32N2O6S/c1-31(2,3)27-18-41-29(33-27)26-14-21-13-19(7-11-25(21)39-26)16-34-17-20(8-12-28(35)36)23-15-22(9-10-24(23)34)40-32(4,5)30(37)38-6/h7-15,17-18H,16H2,1-6H3,(H,35,36)/b12-8+. The van der Waals surface area contributed by atoms with E-state index >= 15 is 0 Å². The Morgan fingerprint density at radius 2 is 1.88 bits per heavy atom. The predicted molar refractivity (Wildman–Crippen MR) is 160 cm³/mol. The number of hydrogen-bond acceptors (Lipinski definition) is 7. The quantitative estimate of drug-likeness (QED) is 0.154. The first kappa shape index (κ1) is 28.2. The Hall–Kier alpha value is -4.37. The predicted octanol–water partition coefficient (Wildman–Crippen LogP) is 7.29. The number of aliphatic carboxylic acids is 1. The molecule has 3 heterocycles. The van der Waals surface area contributed by atoms with Crippen LogP contribution in [0.5, 0.6) is 5.75 Å². The van der Waals surface area contributed by atoms with E-state index in [0.717, 1.165) is 50.0 Å². The molecular weight excluding hydrogens is 540 g/mol. The van der Waals surface area contributed by atoms with Crippen LogP contribution >= 0.6 is 11.3 Å². The molecule has 0 radical (unpaired) electrons. The number of furan rings is 1. The lowest BCUT2D eigenvalue weighted by Gasteiger charge is -2.23. The van der Waals surface area contributed by atoms with E-state index in [1.54, 1.807) is 37.3 Å². The van der Waals surface area contributed by atoms with Gasteiger partial charge in [-0.2, -0.15) is 0 Å². The molecule has 0 saturated heterocycles. The Morgan fingerprint density at radius 3 is 2.56 bits per heavy atom. The van der Waals surface area contributed by atoms with Crippen molar-refractivity contribution in [3.63, 3.8) is 0 Å². The summed E-state index contributed by atoms with van der Waals surface area (Å²) in [4.78, 5) is 28.2. The summed E-state index contributed by atoms with van der Waals surface area (Å²) in [6.07, 6.45) is 4.57. The molecule has 212 valence electrons. The Kier molecular flexibility index (Phi) is 7.25. The first-order valence-electron chi connectivity index (χ1n) is 13.1. The number of aromatic nitrogens is 2. The third-order valence-corrected chi connectivity index (χ3v) is 7.61. The smallest absolute Gasteiger partial charge is 0.349 e. The number of nitrogens with zero attached hydrogens (tertiary/aromatic N) is 2. The van der Waals surface area contributed by atoms with Gasteiger partial charge in [-0.1, -0.05) is 26.8 Å².